The van der Waals surface area contributed by atoms with Crippen LogP contribution in [0.1, 0.15) is 62.3 Å². The lowest BCUT2D eigenvalue weighted by Crippen LogP contribution is -2.28. The molecule has 0 N–H and O–H groups in total. The zero-order valence-electron chi connectivity index (χ0n) is 28.1. The van der Waals surface area contributed by atoms with E-state index in [-0.39, 0.29) is 17.2 Å². The van der Waals surface area contributed by atoms with E-state index in [4.69, 9.17) is 28.4 Å². The predicted octanol–water partition coefficient (Wildman–Crippen LogP) is 6.94. The molecule has 3 aromatic rings. The van der Waals surface area contributed by atoms with Gasteiger partial charge in [0.25, 0.3) is 0 Å². The van der Waals surface area contributed by atoms with Gasteiger partial charge in [-0.25, -0.2) is 14.4 Å². The highest BCUT2D eigenvalue weighted by Crippen LogP contribution is 2.45. The molecule has 0 fully saturated rings. The molecule has 0 aliphatic heterocycles. The van der Waals surface area contributed by atoms with Gasteiger partial charge in [0.15, 0.2) is 41.1 Å². The number of esters is 3. The second-order valence-electron chi connectivity index (χ2n) is 13.3. The normalized spacial score (nSPS) is 11.9. The summed E-state index contributed by atoms with van der Waals surface area (Å²) in [6.07, 6.45) is 0. The Balaban J connectivity index is 2.18. The van der Waals surface area contributed by atoms with E-state index >= 15 is 0 Å². The van der Waals surface area contributed by atoms with Crippen LogP contribution in [-0.2, 0) is 39.5 Å². The first kappa shape index (κ1) is 36.3. The Hall–Kier alpha value is -4.18. The summed E-state index contributed by atoms with van der Waals surface area (Å²) in [6.45, 7) is 14.7. The number of hydrogen-bond acceptors (Lipinski definition) is 9. The van der Waals surface area contributed by atoms with E-state index in [2.05, 4.69) is 0 Å². The van der Waals surface area contributed by atoms with Crippen LogP contribution in [0.15, 0.2) is 87.5 Å². The molecule has 0 aliphatic carbocycles. The van der Waals surface area contributed by atoms with Gasteiger partial charge >= 0.3 is 17.9 Å². The Morgan fingerprint density at radius 1 is 0.522 bits per heavy atom. The van der Waals surface area contributed by atoms with Crippen LogP contribution < -0.4 is 14.2 Å². The molecule has 0 saturated heterocycles. The summed E-state index contributed by atoms with van der Waals surface area (Å²) in [5, 5.41) is 0. The minimum Gasteiger partial charge on any atom is -0.482 e. The van der Waals surface area contributed by atoms with Crippen LogP contribution in [0.2, 0.25) is 0 Å². The molecule has 0 aliphatic rings. The average Bonchev–Trinajstić information content (AvgIpc) is 2.93. The second kappa shape index (κ2) is 15.4. The summed E-state index contributed by atoms with van der Waals surface area (Å²) in [7, 11) is -0.841. The first-order valence-corrected chi connectivity index (χ1v) is 16.2. The molecule has 0 saturated carbocycles. The topological polar surface area (TPSA) is 107 Å². The first-order valence-electron chi connectivity index (χ1n) is 15.0. The Morgan fingerprint density at radius 3 is 1.17 bits per heavy atom. The van der Waals surface area contributed by atoms with Gasteiger partial charge in [-0.15, -0.1) is 0 Å². The van der Waals surface area contributed by atoms with Gasteiger partial charge in [-0.05, 0) is 86.6 Å². The summed E-state index contributed by atoms with van der Waals surface area (Å²) >= 11 is 0. The standard InChI is InChI=1S/C36H45O9S/c1-34(2,3)43-30(37)22-40-25-20-28(41-23-31(38)44-35(4,5)6)33(29(21-25)42-24-32(39)45-36(7,8)9)46(26-16-12-10-13-17-26)27-18-14-11-15-19-27/h10-21H,22-24H2,1-9H3/q+1. The van der Waals surface area contributed by atoms with Gasteiger partial charge in [-0.1, -0.05) is 36.4 Å². The van der Waals surface area contributed by atoms with Gasteiger partial charge in [0.1, 0.15) is 33.4 Å². The molecule has 0 atom stereocenters. The van der Waals surface area contributed by atoms with Crippen LogP contribution in [-0.4, -0.2) is 54.5 Å². The Morgan fingerprint density at radius 2 is 0.848 bits per heavy atom. The third kappa shape index (κ3) is 12.3. The fraction of sp³-hybridized carbons (Fsp3) is 0.417. The van der Waals surface area contributed by atoms with Gasteiger partial charge < -0.3 is 28.4 Å². The fourth-order valence-electron chi connectivity index (χ4n) is 4.07. The van der Waals surface area contributed by atoms with E-state index < -0.39 is 65.4 Å². The maximum absolute atomic E-state index is 12.8. The van der Waals surface area contributed by atoms with Gasteiger partial charge in [0, 0.05) is 12.1 Å². The van der Waals surface area contributed by atoms with Crippen molar-refractivity contribution in [2.45, 2.75) is 93.8 Å². The van der Waals surface area contributed by atoms with Crippen LogP contribution >= 0.6 is 0 Å². The van der Waals surface area contributed by atoms with Crippen LogP contribution in [0.3, 0.4) is 0 Å². The maximum atomic E-state index is 12.8. The van der Waals surface area contributed by atoms with Crippen molar-refractivity contribution in [1.29, 1.82) is 0 Å². The van der Waals surface area contributed by atoms with Crippen molar-refractivity contribution in [3.05, 3.63) is 72.8 Å². The Labute approximate surface area is 274 Å². The molecule has 0 unspecified atom stereocenters. The summed E-state index contributed by atoms with van der Waals surface area (Å²) in [6, 6.07) is 22.7. The summed E-state index contributed by atoms with van der Waals surface area (Å²) in [4.78, 5) is 40.5. The van der Waals surface area contributed by atoms with Crippen molar-refractivity contribution in [1.82, 2.24) is 0 Å². The van der Waals surface area contributed by atoms with Crippen LogP contribution in [0, 0.1) is 0 Å². The quantitative estimate of drug-likeness (QED) is 0.117. The molecular formula is C36H45O9S+. The lowest BCUT2D eigenvalue weighted by Gasteiger charge is -2.22. The average molecular weight is 654 g/mol. The molecule has 0 radical (unpaired) electrons. The fourth-order valence-corrected chi connectivity index (χ4v) is 6.31. The SMILES string of the molecule is CC(C)(C)OC(=O)COc1cc(OCC(=O)OC(C)(C)C)c([S+](c2ccccc2)c2ccccc2)c(OCC(=O)OC(C)(C)C)c1. The maximum Gasteiger partial charge on any atom is 0.344 e. The zero-order valence-corrected chi connectivity index (χ0v) is 28.9. The van der Waals surface area contributed by atoms with Crippen molar-refractivity contribution in [3.63, 3.8) is 0 Å². The molecule has 0 bridgehead atoms. The summed E-state index contributed by atoms with van der Waals surface area (Å²) in [5.41, 5.74) is -2.14. The van der Waals surface area contributed by atoms with Crippen molar-refractivity contribution in [2.75, 3.05) is 19.8 Å². The molecule has 3 rings (SSSR count). The number of carbonyl (C=O) groups excluding carboxylic acids is 3. The van der Waals surface area contributed by atoms with E-state index in [0.29, 0.717) is 4.90 Å². The molecular weight excluding hydrogens is 608 g/mol. The van der Waals surface area contributed by atoms with E-state index in [0.717, 1.165) is 9.79 Å². The van der Waals surface area contributed by atoms with Crippen LogP contribution in [0.25, 0.3) is 0 Å². The van der Waals surface area contributed by atoms with E-state index in [1.807, 2.05) is 60.7 Å². The van der Waals surface area contributed by atoms with Crippen LogP contribution in [0.5, 0.6) is 17.2 Å². The number of rotatable bonds is 12. The largest absolute Gasteiger partial charge is 0.482 e. The molecule has 46 heavy (non-hydrogen) atoms. The summed E-state index contributed by atoms with van der Waals surface area (Å²) in [5.74, 6) is -1.01. The molecule has 9 nitrogen and oxygen atoms in total. The van der Waals surface area contributed by atoms with Gasteiger partial charge in [0.05, 0.1) is 0 Å². The Kier molecular flexibility index (Phi) is 12.2. The number of carbonyl (C=O) groups is 3. The second-order valence-corrected chi connectivity index (χ2v) is 15.3. The number of hydrogen-bond donors (Lipinski definition) is 0. The van der Waals surface area contributed by atoms with Crippen molar-refractivity contribution in [2.24, 2.45) is 0 Å². The highest BCUT2D eigenvalue weighted by molar-refractivity contribution is 7.97. The highest BCUT2D eigenvalue weighted by atomic mass is 32.2. The van der Waals surface area contributed by atoms with Crippen molar-refractivity contribution < 1.29 is 42.8 Å². The highest BCUT2D eigenvalue weighted by Gasteiger charge is 2.38. The van der Waals surface area contributed by atoms with Gasteiger partial charge in [-0.3, -0.25) is 0 Å². The minimum absolute atomic E-state index is 0.206. The lowest BCUT2D eigenvalue weighted by molar-refractivity contribution is -0.158. The third-order valence-electron chi connectivity index (χ3n) is 5.46. The molecule has 0 amide bonds. The van der Waals surface area contributed by atoms with E-state index in [9.17, 15) is 14.4 Å². The zero-order chi connectivity index (χ0) is 34.1. The molecule has 10 heteroatoms. The minimum atomic E-state index is -0.841. The van der Waals surface area contributed by atoms with E-state index in [1.165, 1.54) is 0 Å². The van der Waals surface area contributed by atoms with Crippen molar-refractivity contribution >= 4 is 28.8 Å². The molecule has 0 aromatic heterocycles. The van der Waals surface area contributed by atoms with Crippen LogP contribution in [0.4, 0.5) is 0 Å². The van der Waals surface area contributed by atoms with E-state index in [1.54, 1.807) is 74.4 Å². The molecule has 0 heterocycles. The smallest absolute Gasteiger partial charge is 0.344 e. The third-order valence-corrected chi connectivity index (χ3v) is 7.76. The lowest BCUT2D eigenvalue weighted by atomic mass is 10.2. The first-order chi connectivity index (χ1) is 21.4. The Bertz CT molecular complexity index is 1370. The number of benzene rings is 3. The molecule has 0 spiro atoms. The summed E-state index contributed by atoms with van der Waals surface area (Å²) < 4.78 is 34.6. The van der Waals surface area contributed by atoms with Crippen molar-refractivity contribution in [3.8, 4) is 17.2 Å². The molecule has 3 aromatic carbocycles. The van der Waals surface area contributed by atoms with Gasteiger partial charge in [0.2, 0.25) is 4.90 Å². The monoisotopic (exact) mass is 653 g/mol. The molecule has 248 valence electrons. The number of ether oxygens (including phenoxy) is 6. The van der Waals surface area contributed by atoms with Gasteiger partial charge in [-0.2, -0.15) is 0 Å². The predicted molar refractivity (Wildman–Crippen MR) is 176 cm³/mol.